The van der Waals surface area contributed by atoms with Crippen molar-refractivity contribution in [3.63, 3.8) is 0 Å². The second-order valence-electron chi connectivity index (χ2n) is 6.86. The third-order valence-corrected chi connectivity index (χ3v) is 4.74. The molecule has 32 heavy (non-hydrogen) atoms. The van der Waals surface area contributed by atoms with Crippen LogP contribution in [-0.4, -0.2) is 33.4 Å². The Morgan fingerprint density at radius 1 is 1.06 bits per heavy atom. The second kappa shape index (κ2) is 8.81. The molecule has 2 aromatic carbocycles. The molecular weight excluding hydrogens is 418 g/mol. The molecule has 0 unspecified atom stereocenters. The number of aromatic nitrogens is 2. The Hall–Kier alpha value is -4.33. The number of carboxylic acids is 1. The van der Waals surface area contributed by atoms with Gasteiger partial charge in [-0.1, -0.05) is 30.3 Å². The van der Waals surface area contributed by atoms with Gasteiger partial charge in [0.05, 0.1) is 0 Å². The number of aromatic amines is 1. The quantitative estimate of drug-likeness (QED) is 0.310. The molecule has 0 saturated carbocycles. The average molecular weight is 434 g/mol. The molecule has 8 heteroatoms. The summed E-state index contributed by atoms with van der Waals surface area (Å²) >= 11 is 0. The molecule has 4 rings (SSSR count). The molecule has 160 valence electrons. The summed E-state index contributed by atoms with van der Waals surface area (Å²) in [6, 6.07) is 14.6. The Morgan fingerprint density at radius 2 is 1.88 bits per heavy atom. The van der Waals surface area contributed by atoms with Crippen molar-refractivity contribution in [1.29, 1.82) is 0 Å². The second-order valence-corrected chi connectivity index (χ2v) is 6.86. The van der Waals surface area contributed by atoms with Gasteiger partial charge in [0, 0.05) is 40.5 Å². The lowest BCUT2D eigenvalue weighted by Gasteiger charge is -2.07. The fraction of sp³-hybridized carbons (Fsp3) is 0.0417. The van der Waals surface area contributed by atoms with Crippen molar-refractivity contribution in [3.05, 3.63) is 89.8 Å². The first-order chi connectivity index (χ1) is 15.4. The van der Waals surface area contributed by atoms with Gasteiger partial charge >= 0.3 is 12.6 Å². The summed E-state index contributed by atoms with van der Waals surface area (Å²) in [6.45, 7) is -2.98. The number of nitrogens with zero attached hydrogens (tertiary/aromatic N) is 1. The molecule has 0 aliphatic carbocycles. The standard InChI is InChI=1S/C24H16F2N2O4/c25-24(26)32-18-6-2-5-16(10-18)22(31)20-13-28-23-19(20)11-17(12-27-23)15-4-1-3-14(9-15)7-8-21(29)30/h1-13,24H,(H,27,28)(H,29,30). The topological polar surface area (TPSA) is 92.3 Å². The van der Waals surface area contributed by atoms with Crippen LogP contribution >= 0.6 is 0 Å². The molecule has 6 nitrogen and oxygen atoms in total. The van der Waals surface area contributed by atoms with Gasteiger partial charge in [-0.05, 0) is 41.5 Å². The van der Waals surface area contributed by atoms with Crippen molar-refractivity contribution in [2.45, 2.75) is 6.61 Å². The van der Waals surface area contributed by atoms with E-state index in [0.717, 1.165) is 17.2 Å². The van der Waals surface area contributed by atoms with Gasteiger partial charge in [-0.2, -0.15) is 8.78 Å². The Morgan fingerprint density at radius 3 is 2.66 bits per heavy atom. The minimum atomic E-state index is -2.98. The summed E-state index contributed by atoms with van der Waals surface area (Å²) in [5.74, 6) is -1.51. The van der Waals surface area contributed by atoms with Crippen LogP contribution < -0.4 is 4.74 Å². The normalized spacial score (nSPS) is 11.3. The highest BCUT2D eigenvalue weighted by Crippen LogP contribution is 2.28. The monoisotopic (exact) mass is 434 g/mol. The number of benzene rings is 2. The molecule has 0 saturated heterocycles. The number of fused-ring (bicyclic) bond motifs is 1. The van der Waals surface area contributed by atoms with E-state index >= 15 is 0 Å². The Balaban J connectivity index is 1.70. The lowest BCUT2D eigenvalue weighted by atomic mass is 10.00. The smallest absolute Gasteiger partial charge is 0.387 e. The van der Waals surface area contributed by atoms with Crippen LogP contribution in [0.4, 0.5) is 8.78 Å². The fourth-order valence-electron chi connectivity index (χ4n) is 3.31. The van der Waals surface area contributed by atoms with Gasteiger partial charge in [0.15, 0.2) is 5.78 Å². The molecule has 2 aromatic heterocycles. The molecule has 0 atom stereocenters. The number of H-pyrrole nitrogens is 1. The summed E-state index contributed by atoms with van der Waals surface area (Å²) < 4.78 is 29.4. The molecule has 0 bridgehead atoms. The van der Waals surface area contributed by atoms with Crippen molar-refractivity contribution in [2.24, 2.45) is 0 Å². The zero-order chi connectivity index (χ0) is 22.7. The van der Waals surface area contributed by atoms with E-state index in [-0.39, 0.29) is 17.1 Å². The molecule has 4 aromatic rings. The van der Waals surface area contributed by atoms with Crippen LogP contribution in [-0.2, 0) is 4.79 Å². The zero-order valence-corrected chi connectivity index (χ0v) is 16.5. The summed E-state index contributed by atoms with van der Waals surface area (Å²) in [5.41, 5.74) is 3.26. The number of nitrogens with one attached hydrogen (secondary N) is 1. The fourth-order valence-corrected chi connectivity index (χ4v) is 3.31. The van der Waals surface area contributed by atoms with Crippen LogP contribution in [0, 0.1) is 0 Å². The van der Waals surface area contributed by atoms with Gasteiger partial charge in [0.25, 0.3) is 0 Å². The largest absolute Gasteiger partial charge is 0.478 e. The van der Waals surface area contributed by atoms with E-state index in [2.05, 4.69) is 14.7 Å². The van der Waals surface area contributed by atoms with Crippen LogP contribution in [0.3, 0.4) is 0 Å². The lowest BCUT2D eigenvalue weighted by molar-refractivity contribution is -0.131. The van der Waals surface area contributed by atoms with Crippen LogP contribution in [0.25, 0.3) is 28.2 Å². The number of carboxylic acid groups (broad SMARTS) is 1. The SMILES string of the molecule is O=C(O)C=Cc1cccc(-c2cnc3[nH]cc(C(=O)c4cccc(OC(F)F)c4)c3c2)c1. The number of carbonyl (C=O) groups excluding carboxylic acids is 1. The minimum absolute atomic E-state index is 0.101. The third-order valence-electron chi connectivity index (χ3n) is 4.74. The first kappa shape index (κ1) is 20.9. The first-order valence-corrected chi connectivity index (χ1v) is 9.49. The Labute approximate surface area is 180 Å². The molecule has 0 radical (unpaired) electrons. The highest BCUT2D eigenvalue weighted by molar-refractivity contribution is 6.16. The number of carbonyl (C=O) groups is 2. The Kier molecular flexibility index (Phi) is 5.76. The lowest BCUT2D eigenvalue weighted by Crippen LogP contribution is -2.04. The number of alkyl halides is 2. The summed E-state index contributed by atoms with van der Waals surface area (Å²) in [7, 11) is 0. The van der Waals surface area contributed by atoms with Crippen LogP contribution in [0.2, 0.25) is 0 Å². The summed E-state index contributed by atoms with van der Waals surface area (Å²) in [6.07, 6.45) is 5.70. The maximum atomic E-state index is 13.1. The maximum absolute atomic E-state index is 13.1. The van der Waals surface area contributed by atoms with E-state index in [1.54, 1.807) is 24.4 Å². The first-order valence-electron chi connectivity index (χ1n) is 9.49. The number of halogens is 2. The van der Waals surface area contributed by atoms with Crippen LogP contribution in [0.1, 0.15) is 21.5 Å². The van der Waals surface area contributed by atoms with E-state index in [1.165, 1.54) is 36.5 Å². The van der Waals surface area contributed by atoms with Crippen molar-refractivity contribution < 1.29 is 28.2 Å². The van der Waals surface area contributed by atoms with Gasteiger partial charge < -0.3 is 14.8 Å². The molecule has 0 aliphatic heterocycles. The highest BCUT2D eigenvalue weighted by Gasteiger charge is 2.17. The number of ether oxygens (including phenoxy) is 1. The van der Waals surface area contributed by atoms with Gasteiger partial charge in [-0.3, -0.25) is 4.79 Å². The van der Waals surface area contributed by atoms with Crippen molar-refractivity contribution >= 4 is 28.9 Å². The average Bonchev–Trinajstić information content (AvgIpc) is 3.20. The van der Waals surface area contributed by atoms with E-state index in [0.29, 0.717) is 22.2 Å². The van der Waals surface area contributed by atoms with E-state index < -0.39 is 12.6 Å². The molecule has 0 amide bonds. The van der Waals surface area contributed by atoms with Crippen LogP contribution in [0.5, 0.6) is 5.75 Å². The molecular formula is C24H16F2N2O4. The number of hydrogen-bond acceptors (Lipinski definition) is 4. The molecule has 2 heterocycles. The molecule has 0 aliphatic rings. The molecule has 0 spiro atoms. The van der Waals surface area contributed by atoms with Gasteiger partial charge in [-0.25, -0.2) is 9.78 Å². The Bertz CT molecular complexity index is 1340. The zero-order valence-electron chi connectivity index (χ0n) is 16.5. The van der Waals surface area contributed by atoms with E-state index in [1.807, 2.05) is 12.1 Å². The van der Waals surface area contributed by atoms with Crippen molar-refractivity contribution in [3.8, 4) is 16.9 Å². The number of rotatable bonds is 7. The van der Waals surface area contributed by atoms with E-state index in [9.17, 15) is 18.4 Å². The maximum Gasteiger partial charge on any atom is 0.387 e. The highest BCUT2D eigenvalue weighted by atomic mass is 19.3. The number of hydrogen-bond donors (Lipinski definition) is 2. The van der Waals surface area contributed by atoms with Gasteiger partial charge in [-0.15, -0.1) is 0 Å². The van der Waals surface area contributed by atoms with Crippen molar-refractivity contribution in [2.75, 3.05) is 0 Å². The summed E-state index contributed by atoms with van der Waals surface area (Å²) in [4.78, 5) is 31.1. The predicted molar refractivity (Wildman–Crippen MR) is 115 cm³/mol. The van der Waals surface area contributed by atoms with E-state index in [4.69, 9.17) is 5.11 Å². The predicted octanol–water partition coefficient (Wildman–Crippen LogP) is 5.16. The van der Waals surface area contributed by atoms with Gasteiger partial charge in [0.2, 0.25) is 0 Å². The third kappa shape index (κ3) is 4.54. The number of aliphatic carboxylic acids is 1. The number of ketones is 1. The summed E-state index contributed by atoms with van der Waals surface area (Å²) in [5, 5.41) is 9.38. The molecule has 0 fully saturated rings. The van der Waals surface area contributed by atoms with Gasteiger partial charge in [0.1, 0.15) is 11.4 Å². The molecule has 2 N–H and O–H groups in total. The van der Waals surface area contributed by atoms with Crippen LogP contribution in [0.15, 0.2) is 73.1 Å². The minimum Gasteiger partial charge on any atom is -0.478 e. The number of pyridine rings is 1. The van der Waals surface area contributed by atoms with Crippen molar-refractivity contribution in [1.82, 2.24) is 9.97 Å².